The van der Waals surface area contributed by atoms with Crippen LogP contribution >= 0.6 is 11.3 Å². The zero-order valence-electron chi connectivity index (χ0n) is 7.49. The van der Waals surface area contributed by atoms with Gasteiger partial charge in [-0.1, -0.05) is 0 Å². The number of pyridine rings is 1. The summed E-state index contributed by atoms with van der Waals surface area (Å²) in [5.41, 5.74) is 0.301. The van der Waals surface area contributed by atoms with E-state index in [2.05, 4.69) is 9.97 Å². The summed E-state index contributed by atoms with van der Waals surface area (Å²) in [6, 6.07) is 2.94. The minimum absolute atomic E-state index is 0.0000463. The van der Waals surface area contributed by atoms with Crippen LogP contribution in [0.25, 0.3) is 10.7 Å². The summed E-state index contributed by atoms with van der Waals surface area (Å²) in [5.74, 6) is 0. The lowest BCUT2D eigenvalue weighted by Crippen LogP contribution is -2.13. The van der Waals surface area contributed by atoms with E-state index >= 15 is 0 Å². The minimum Gasteiger partial charge on any atom is -0.252 e. The number of nitrogens with two attached hydrogens (primary N) is 1. The minimum atomic E-state index is -3.76. The van der Waals surface area contributed by atoms with Gasteiger partial charge in [-0.3, -0.25) is 4.98 Å². The molecule has 0 spiro atoms. The van der Waals surface area contributed by atoms with Gasteiger partial charge in [0.05, 0.1) is 0 Å². The van der Waals surface area contributed by atoms with Crippen molar-refractivity contribution in [3.05, 3.63) is 29.9 Å². The molecule has 0 fully saturated rings. The molecule has 15 heavy (non-hydrogen) atoms. The summed E-state index contributed by atoms with van der Waals surface area (Å²) >= 11 is 1.31. The first-order valence-electron chi connectivity index (χ1n) is 3.97. The fraction of sp³-hybridized carbons (Fsp3) is 0. The lowest BCUT2D eigenvalue weighted by Gasteiger charge is -2.02. The van der Waals surface area contributed by atoms with Crippen LogP contribution in [0.1, 0.15) is 0 Å². The Hall–Kier alpha value is -1.31. The van der Waals surface area contributed by atoms with Gasteiger partial charge in [-0.2, -0.15) is 0 Å². The largest absolute Gasteiger partial charge is 0.252 e. The first-order chi connectivity index (χ1) is 7.09. The molecule has 0 atom stereocenters. The molecule has 2 rings (SSSR count). The number of hydrogen-bond acceptors (Lipinski definition) is 5. The lowest BCUT2D eigenvalue weighted by molar-refractivity contribution is 0.597. The second-order valence-corrected chi connectivity index (χ2v) is 5.16. The number of hydrogen-bond donors (Lipinski definition) is 1. The summed E-state index contributed by atoms with van der Waals surface area (Å²) in [4.78, 5) is 7.97. The van der Waals surface area contributed by atoms with Crippen molar-refractivity contribution >= 4 is 21.4 Å². The first-order valence-corrected chi connectivity index (χ1v) is 6.39. The van der Waals surface area contributed by atoms with E-state index in [1.807, 2.05) is 0 Å². The molecule has 0 saturated heterocycles. The predicted molar refractivity (Wildman–Crippen MR) is 56.7 cm³/mol. The van der Waals surface area contributed by atoms with Crippen molar-refractivity contribution in [2.75, 3.05) is 0 Å². The first kappa shape index (κ1) is 10.2. The van der Waals surface area contributed by atoms with Crippen molar-refractivity contribution in [1.29, 1.82) is 0 Å². The summed E-state index contributed by atoms with van der Waals surface area (Å²) in [7, 11) is -3.76. The monoisotopic (exact) mass is 241 g/mol. The van der Waals surface area contributed by atoms with Crippen LogP contribution in [0.4, 0.5) is 0 Å². The van der Waals surface area contributed by atoms with Gasteiger partial charge < -0.3 is 0 Å². The van der Waals surface area contributed by atoms with Crippen molar-refractivity contribution in [3.63, 3.8) is 0 Å². The summed E-state index contributed by atoms with van der Waals surface area (Å²) < 4.78 is 22.5. The Morgan fingerprint density at radius 3 is 2.67 bits per heavy atom. The normalized spacial score (nSPS) is 11.5. The molecule has 5 nitrogen and oxygen atoms in total. The van der Waals surface area contributed by atoms with E-state index in [1.54, 1.807) is 11.6 Å². The molecule has 2 aromatic heterocycles. The number of sulfonamides is 1. The van der Waals surface area contributed by atoms with Crippen LogP contribution in [0.15, 0.2) is 34.8 Å². The molecule has 0 aliphatic carbocycles. The zero-order valence-corrected chi connectivity index (χ0v) is 9.12. The average molecular weight is 241 g/mol. The smallest absolute Gasteiger partial charge is 0.240 e. The van der Waals surface area contributed by atoms with Gasteiger partial charge in [0, 0.05) is 17.8 Å². The van der Waals surface area contributed by atoms with Crippen LogP contribution in [-0.2, 0) is 10.0 Å². The van der Waals surface area contributed by atoms with Crippen LogP contribution in [0.3, 0.4) is 0 Å². The van der Waals surface area contributed by atoms with Gasteiger partial charge in [-0.25, -0.2) is 18.5 Å². The molecule has 0 aliphatic rings. The quantitative estimate of drug-likeness (QED) is 0.844. The van der Waals surface area contributed by atoms with Crippen molar-refractivity contribution in [2.24, 2.45) is 5.14 Å². The SMILES string of the molecule is NS(=O)(=O)c1cccnc1-c1nccs1. The highest BCUT2D eigenvalue weighted by Crippen LogP contribution is 2.25. The highest BCUT2D eigenvalue weighted by atomic mass is 32.2. The molecule has 2 N–H and O–H groups in total. The summed E-state index contributed by atoms with van der Waals surface area (Å²) in [5, 5.41) is 7.36. The molecule has 0 saturated carbocycles. The Morgan fingerprint density at radius 1 is 1.27 bits per heavy atom. The number of rotatable bonds is 2. The third kappa shape index (κ3) is 2.04. The Labute approximate surface area is 90.7 Å². The molecule has 2 aromatic rings. The molecular formula is C8H7N3O2S2. The lowest BCUT2D eigenvalue weighted by atomic mass is 10.4. The number of thiazole rings is 1. The van der Waals surface area contributed by atoms with E-state index in [0.717, 1.165) is 0 Å². The van der Waals surface area contributed by atoms with Gasteiger partial charge in [0.25, 0.3) is 0 Å². The van der Waals surface area contributed by atoms with E-state index in [9.17, 15) is 8.42 Å². The van der Waals surface area contributed by atoms with Gasteiger partial charge in [0.2, 0.25) is 10.0 Å². The second-order valence-electron chi connectivity index (χ2n) is 2.73. The molecule has 78 valence electrons. The number of primary sulfonamides is 1. The van der Waals surface area contributed by atoms with Crippen molar-refractivity contribution in [1.82, 2.24) is 9.97 Å². The fourth-order valence-electron chi connectivity index (χ4n) is 1.12. The summed E-state index contributed by atoms with van der Waals surface area (Å²) in [6.07, 6.45) is 3.09. The molecule has 0 aromatic carbocycles. The highest BCUT2D eigenvalue weighted by molar-refractivity contribution is 7.89. The number of nitrogens with zero attached hydrogens (tertiary/aromatic N) is 2. The standard InChI is InChI=1S/C8H7N3O2S2/c9-15(12,13)6-2-1-3-10-7(6)8-11-4-5-14-8/h1-5H,(H2,9,12,13). The van der Waals surface area contributed by atoms with E-state index in [1.165, 1.54) is 29.7 Å². The van der Waals surface area contributed by atoms with Gasteiger partial charge in [-0.05, 0) is 12.1 Å². The molecular weight excluding hydrogens is 234 g/mol. The highest BCUT2D eigenvalue weighted by Gasteiger charge is 2.17. The fourth-order valence-corrected chi connectivity index (χ4v) is 2.52. The molecule has 2 heterocycles. The topological polar surface area (TPSA) is 85.9 Å². The van der Waals surface area contributed by atoms with E-state index in [0.29, 0.717) is 10.7 Å². The van der Waals surface area contributed by atoms with Crippen molar-refractivity contribution < 1.29 is 8.42 Å². The van der Waals surface area contributed by atoms with Crippen LogP contribution in [-0.4, -0.2) is 18.4 Å². The third-order valence-corrected chi connectivity index (χ3v) is 3.43. The van der Waals surface area contributed by atoms with E-state index < -0.39 is 10.0 Å². The zero-order chi connectivity index (χ0) is 10.9. The van der Waals surface area contributed by atoms with Gasteiger partial charge >= 0.3 is 0 Å². The molecule has 0 amide bonds. The predicted octanol–water partition coefficient (Wildman–Crippen LogP) is 0.853. The van der Waals surface area contributed by atoms with Gasteiger partial charge in [0.1, 0.15) is 15.6 Å². The third-order valence-electron chi connectivity index (χ3n) is 1.71. The maximum absolute atomic E-state index is 11.3. The molecule has 0 bridgehead atoms. The maximum Gasteiger partial charge on any atom is 0.240 e. The van der Waals surface area contributed by atoms with Crippen LogP contribution in [0.5, 0.6) is 0 Å². The average Bonchev–Trinajstić information content (AvgIpc) is 2.69. The van der Waals surface area contributed by atoms with Crippen LogP contribution in [0, 0.1) is 0 Å². The van der Waals surface area contributed by atoms with Gasteiger partial charge in [-0.15, -0.1) is 11.3 Å². The van der Waals surface area contributed by atoms with Crippen molar-refractivity contribution in [2.45, 2.75) is 4.90 Å². The molecule has 0 radical (unpaired) electrons. The van der Waals surface area contributed by atoms with Crippen LogP contribution < -0.4 is 5.14 Å². The summed E-state index contributed by atoms with van der Waals surface area (Å²) in [6.45, 7) is 0. The molecule has 0 unspecified atom stereocenters. The maximum atomic E-state index is 11.3. The Kier molecular flexibility index (Phi) is 2.51. The Morgan fingerprint density at radius 2 is 2.07 bits per heavy atom. The van der Waals surface area contributed by atoms with Gasteiger partial charge in [0.15, 0.2) is 0 Å². The Balaban J connectivity index is 2.68. The van der Waals surface area contributed by atoms with E-state index in [4.69, 9.17) is 5.14 Å². The molecule has 7 heteroatoms. The number of aromatic nitrogens is 2. The van der Waals surface area contributed by atoms with E-state index in [-0.39, 0.29) is 4.90 Å². The second kappa shape index (κ2) is 3.69. The Bertz CT molecular complexity index is 563. The van der Waals surface area contributed by atoms with Crippen LogP contribution in [0.2, 0.25) is 0 Å². The molecule has 0 aliphatic heterocycles. The van der Waals surface area contributed by atoms with Crippen molar-refractivity contribution in [3.8, 4) is 10.7 Å².